The van der Waals surface area contributed by atoms with Gasteiger partial charge >= 0.3 is 0 Å². The summed E-state index contributed by atoms with van der Waals surface area (Å²) in [5.41, 5.74) is 0. The van der Waals surface area contributed by atoms with E-state index in [2.05, 4.69) is 20.3 Å². The topological polar surface area (TPSA) is 95.7 Å². The van der Waals surface area contributed by atoms with Crippen LogP contribution in [0, 0.1) is 0 Å². The Morgan fingerprint density at radius 1 is 1.32 bits per heavy atom. The molecule has 0 spiro atoms. The molecular formula is C13H25IN4O3S. The summed E-state index contributed by atoms with van der Waals surface area (Å²) >= 11 is 0. The van der Waals surface area contributed by atoms with Crippen molar-refractivity contribution in [2.45, 2.75) is 19.8 Å². The van der Waals surface area contributed by atoms with E-state index < -0.39 is 10.0 Å². The minimum absolute atomic E-state index is 0. The summed E-state index contributed by atoms with van der Waals surface area (Å²) in [6.45, 7) is 4.44. The van der Waals surface area contributed by atoms with Gasteiger partial charge in [0.05, 0.1) is 12.5 Å². The number of rotatable bonds is 9. The van der Waals surface area contributed by atoms with Gasteiger partial charge in [0.25, 0.3) is 0 Å². The Morgan fingerprint density at radius 3 is 2.68 bits per heavy atom. The number of nitrogens with zero attached hydrogens (tertiary/aromatic N) is 1. The van der Waals surface area contributed by atoms with Gasteiger partial charge in [-0.25, -0.2) is 13.1 Å². The van der Waals surface area contributed by atoms with E-state index >= 15 is 0 Å². The molecule has 0 bridgehead atoms. The maximum absolute atomic E-state index is 10.9. The summed E-state index contributed by atoms with van der Waals surface area (Å²) in [4.78, 5) is 4.38. The standard InChI is InChI=1S/C13H24N4O3S.HI/c1-3-14-13(15-8-5-9-17-21(2,18)19)16-10-7-12-6-4-11-20-12;/h4,6,11,17H,3,5,7-10H2,1-2H3,(H2,14,15,16);1H. The highest BCUT2D eigenvalue weighted by molar-refractivity contribution is 14.0. The highest BCUT2D eigenvalue weighted by Gasteiger charge is 2.00. The largest absolute Gasteiger partial charge is 0.469 e. The van der Waals surface area contributed by atoms with Gasteiger partial charge in [-0.2, -0.15) is 0 Å². The van der Waals surface area contributed by atoms with E-state index in [0.29, 0.717) is 19.5 Å². The Balaban J connectivity index is 0.00000441. The third-order valence-electron chi connectivity index (χ3n) is 2.56. The van der Waals surface area contributed by atoms with Gasteiger partial charge in [-0.3, -0.25) is 4.99 Å². The first-order valence-corrected chi connectivity index (χ1v) is 8.89. The van der Waals surface area contributed by atoms with Gasteiger partial charge in [0.2, 0.25) is 10.0 Å². The molecule has 1 heterocycles. The first-order chi connectivity index (χ1) is 10.0. The molecule has 0 unspecified atom stereocenters. The Kier molecular flexibility index (Phi) is 11.3. The van der Waals surface area contributed by atoms with Crippen LogP contribution in [0.4, 0.5) is 0 Å². The predicted molar refractivity (Wildman–Crippen MR) is 99.3 cm³/mol. The quantitative estimate of drug-likeness (QED) is 0.228. The minimum Gasteiger partial charge on any atom is -0.469 e. The highest BCUT2D eigenvalue weighted by Crippen LogP contribution is 1.99. The monoisotopic (exact) mass is 444 g/mol. The fraction of sp³-hybridized carbons (Fsp3) is 0.615. The molecule has 0 fully saturated rings. The molecule has 0 aliphatic heterocycles. The molecule has 0 aromatic carbocycles. The summed E-state index contributed by atoms with van der Waals surface area (Å²) in [5.74, 6) is 1.65. The van der Waals surface area contributed by atoms with Crippen molar-refractivity contribution in [2.24, 2.45) is 4.99 Å². The van der Waals surface area contributed by atoms with Crippen LogP contribution in [0.25, 0.3) is 0 Å². The number of aliphatic imine (C=N–C) groups is 1. The van der Waals surface area contributed by atoms with E-state index in [1.54, 1.807) is 6.26 Å². The zero-order valence-electron chi connectivity index (χ0n) is 13.0. The zero-order chi connectivity index (χ0) is 15.6. The van der Waals surface area contributed by atoms with Crippen molar-refractivity contribution < 1.29 is 12.8 Å². The maximum Gasteiger partial charge on any atom is 0.208 e. The second-order valence-corrected chi connectivity index (χ2v) is 6.37. The lowest BCUT2D eigenvalue weighted by Gasteiger charge is -2.10. The van der Waals surface area contributed by atoms with Gasteiger partial charge in [-0.05, 0) is 25.5 Å². The number of furan rings is 1. The molecule has 0 amide bonds. The molecule has 1 aromatic heterocycles. The van der Waals surface area contributed by atoms with E-state index in [1.165, 1.54) is 0 Å². The van der Waals surface area contributed by atoms with Crippen molar-refractivity contribution in [3.63, 3.8) is 0 Å². The molecule has 7 nitrogen and oxygen atoms in total. The molecule has 22 heavy (non-hydrogen) atoms. The summed E-state index contributed by atoms with van der Waals surface area (Å²) in [5, 5.41) is 6.35. The van der Waals surface area contributed by atoms with Crippen molar-refractivity contribution >= 4 is 40.0 Å². The van der Waals surface area contributed by atoms with Crippen LogP contribution in [-0.4, -0.2) is 46.8 Å². The first-order valence-electron chi connectivity index (χ1n) is 7.00. The first kappa shape index (κ1) is 21.2. The highest BCUT2D eigenvalue weighted by atomic mass is 127. The normalized spacial score (nSPS) is 11.8. The fourth-order valence-corrected chi connectivity index (χ4v) is 2.14. The molecular weight excluding hydrogens is 419 g/mol. The second kappa shape index (κ2) is 11.7. The maximum atomic E-state index is 10.9. The molecule has 128 valence electrons. The molecule has 3 N–H and O–H groups in total. The van der Waals surface area contributed by atoms with Crippen molar-refractivity contribution in [1.82, 2.24) is 15.4 Å². The minimum atomic E-state index is -3.11. The van der Waals surface area contributed by atoms with Crippen LogP contribution in [0.15, 0.2) is 27.8 Å². The molecule has 9 heteroatoms. The van der Waals surface area contributed by atoms with E-state index in [1.807, 2.05) is 19.1 Å². The van der Waals surface area contributed by atoms with Crippen LogP contribution in [0.2, 0.25) is 0 Å². The van der Waals surface area contributed by atoms with E-state index in [0.717, 1.165) is 37.5 Å². The predicted octanol–water partition coefficient (Wildman–Crippen LogP) is 0.935. The van der Waals surface area contributed by atoms with E-state index in [4.69, 9.17) is 4.42 Å². The number of nitrogens with one attached hydrogen (secondary N) is 3. The number of guanidine groups is 1. The molecule has 0 atom stereocenters. The Bertz CT molecular complexity index is 517. The summed E-state index contributed by atoms with van der Waals surface area (Å²) in [6, 6.07) is 3.80. The zero-order valence-corrected chi connectivity index (χ0v) is 16.1. The van der Waals surface area contributed by atoms with Crippen LogP contribution in [0.3, 0.4) is 0 Å². The molecule has 1 rings (SSSR count). The van der Waals surface area contributed by atoms with Crippen LogP contribution in [0.1, 0.15) is 19.1 Å². The van der Waals surface area contributed by atoms with Crippen molar-refractivity contribution in [3.8, 4) is 0 Å². The van der Waals surface area contributed by atoms with Gasteiger partial charge in [-0.15, -0.1) is 24.0 Å². The van der Waals surface area contributed by atoms with E-state index in [9.17, 15) is 8.42 Å². The third kappa shape index (κ3) is 10.9. The summed E-state index contributed by atoms with van der Waals surface area (Å²) in [6.07, 6.45) is 4.24. The SMILES string of the molecule is CCNC(=NCCCNS(C)(=O)=O)NCCc1ccco1.I. The molecule has 0 aliphatic rings. The van der Waals surface area contributed by atoms with Gasteiger partial charge in [-0.1, -0.05) is 0 Å². The van der Waals surface area contributed by atoms with Crippen LogP contribution < -0.4 is 15.4 Å². The van der Waals surface area contributed by atoms with Gasteiger partial charge in [0, 0.05) is 32.6 Å². The van der Waals surface area contributed by atoms with Crippen molar-refractivity contribution in [2.75, 3.05) is 32.4 Å². The lowest BCUT2D eigenvalue weighted by molar-refractivity contribution is 0.507. The van der Waals surface area contributed by atoms with Crippen molar-refractivity contribution in [3.05, 3.63) is 24.2 Å². The lowest BCUT2D eigenvalue weighted by Crippen LogP contribution is -2.38. The number of hydrogen-bond acceptors (Lipinski definition) is 4. The van der Waals surface area contributed by atoms with Gasteiger partial charge < -0.3 is 15.1 Å². The Labute approximate surface area is 149 Å². The van der Waals surface area contributed by atoms with E-state index in [-0.39, 0.29) is 24.0 Å². The molecule has 0 saturated carbocycles. The Morgan fingerprint density at radius 2 is 2.09 bits per heavy atom. The average molecular weight is 444 g/mol. The number of hydrogen-bond donors (Lipinski definition) is 3. The summed E-state index contributed by atoms with van der Waals surface area (Å²) in [7, 11) is -3.11. The molecule has 1 aromatic rings. The number of halogens is 1. The van der Waals surface area contributed by atoms with Gasteiger partial charge in [0.15, 0.2) is 5.96 Å². The van der Waals surface area contributed by atoms with Crippen LogP contribution in [-0.2, 0) is 16.4 Å². The fourth-order valence-electron chi connectivity index (χ4n) is 1.63. The van der Waals surface area contributed by atoms with Gasteiger partial charge in [0.1, 0.15) is 5.76 Å². The lowest BCUT2D eigenvalue weighted by atomic mass is 10.3. The Hall–Kier alpha value is -0.810. The molecule has 0 saturated heterocycles. The van der Waals surface area contributed by atoms with Crippen LogP contribution in [0.5, 0.6) is 0 Å². The second-order valence-electron chi connectivity index (χ2n) is 4.54. The number of sulfonamides is 1. The smallest absolute Gasteiger partial charge is 0.208 e. The van der Waals surface area contributed by atoms with Crippen molar-refractivity contribution in [1.29, 1.82) is 0 Å². The third-order valence-corrected chi connectivity index (χ3v) is 3.29. The molecule has 0 aliphatic carbocycles. The average Bonchev–Trinajstić information content (AvgIpc) is 2.90. The van der Waals surface area contributed by atoms with Crippen LogP contribution >= 0.6 is 24.0 Å². The molecule has 0 radical (unpaired) electrons. The summed E-state index contributed by atoms with van der Waals surface area (Å²) < 4.78 is 29.5.